The molecule has 0 unspecified atom stereocenters. The number of ether oxygens (including phenoxy) is 1. The van der Waals surface area contributed by atoms with Crippen LogP contribution in [0.25, 0.3) is 0 Å². The van der Waals surface area contributed by atoms with Gasteiger partial charge in [0.05, 0.1) is 13.2 Å². The molecule has 1 aliphatic rings. The fraction of sp³-hybridized carbons (Fsp3) is 0.625. The third kappa shape index (κ3) is 1.98. The number of hydrogen-bond acceptors (Lipinski definition) is 2. The van der Waals surface area contributed by atoms with Crippen LogP contribution in [0.5, 0.6) is 0 Å². The van der Waals surface area contributed by atoms with Gasteiger partial charge in [-0.3, -0.25) is 0 Å². The molecule has 100 valence electrons. The van der Waals surface area contributed by atoms with Gasteiger partial charge in [0, 0.05) is 5.41 Å². The number of benzene rings is 1. The van der Waals surface area contributed by atoms with Crippen molar-refractivity contribution in [1.29, 1.82) is 0 Å². The van der Waals surface area contributed by atoms with Crippen molar-refractivity contribution in [3.8, 4) is 0 Å². The zero-order valence-electron chi connectivity index (χ0n) is 12.0. The highest BCUT2D eigenvalue weighted by Gasteiger charge is 2.51. The zero-order chi connectivity index (χ0) is 13.4. The van der Waals surface area contributed by atoms with Gasteiger partial charge in [0.25, 0.3) is 0 Å². The topological polar surface area (TPSA) is 35.2 Å². The lowest BCUT2D eigenvalue weighted by atomic mass is 9.59. The Kier molecular flexibility index (Phi) is 3.52. The van der Waals surface area contributed by atoms with Crippen molar-refractivity contribution in [2.45, 2.75) is 39.5 Å². The summed E-state index contributed by atoms with van der Waals surface area (Å²) < 4.78 is 5.55. The monoisotopic (exact) mass is 247 g/mol. The molecule has 1 saturated heterocycles. The van der Waals surface area contributed by atoms with E-state index in [-0.39, 0.29) is 10.8 Å². The van der Waals surface area contributed by atoms with Crippen molar-refractivity contribution in [3.63, 3.8) is 0 Å². The van der Waals surface area contributed by atoms with Gasteiger partial charge in [0.1, 0.15) is 0 Å². The van der Waals surface area contributed by atoms with Crippen LogP contribution in [0.1, 0.15) is 37.0 Å². The molecule has 0 bridgehead atoms. The minimum absolute atomic E-state index is 0.144. The molecule has 1 aliphatic heterocycles. The molecular weight excluding hydrogens is 222 g/mol. The number of aryl methyl sites for hydroxylation is 2. The lowest BCUT2D eigenvalue weighted by Gasteiger charge is -2.53. The van der Waals surface area contributed by atoms with Crippen LogP contribution in [0.2, 0.25) is 0 Å². The van der Waals surface area contributed by atoms with Gasteiger partial charge in [-0.25, -0.2) is 0 Å². The summed E-state index contributed by atoms with van der Waals surface area (Å²) in [7, 11) is 0. The Labute approximate surface area is 111 Å². The second kappa shape index (κ2) is 4.67. The molecule has 2 nitrogen and oxygen atoms in total. The average Bonchev–Trinajstić information content (AvgIpc) is 2.21. The molecule has 2 N–H and O–H groups in total. The highest BCUT2D eigenvalue weighted by atomic mass is 16.5. The largest absolute Gasteiger partial charge is 0.379 e. The first-order valence-corrected chi connectivity index (χ1v) is 6.78. The van der Waals surface area contributed by atoms with Gasteiger partial charge in [0.2, 0.25) is 0 Å². The van der Waals surface area contributed by atoms with Gasteiger partial charge in [-0.05, 0) is 48.9 Å². The van der Waals surface area contributed by atoms with Gasteiger partial charge >= 0.3 is 0 Å². The van der Waals surface area contributed by atoms with Gasteiger partial charge in [-0.1, -0.05) is 32.0 Å². The molecule has 1 aromatic carbocycles. The molecule has 0 spiro atoms. The fourth-order valence-corrected chi connectivity index (χ4v) is 2.89. The lowest BCUT2D eigenvalue weighted by Crippen LogP contribution is -2.57. The SMILES string of the molecule is Cc1ccc(C2(C(C)(C)CCN)COC2)cc1C. The van der Waals surface area contributed by atoms with E-state index in [9.17, 15) is 0 Å². The van der Waals surface area contributed by atoms with E-state index in [1.54, 1.807) is 0 Å². The summed E-state index contributed by atoms with van der Waals surface area (Å²) in [6.45, 7) is 11.4. The van der Waals surface area contributed by atoms with Crippen LogP contribution in [0.3, 0.4) is 0 Å². The third-order valence-electron chi connectivity index (χ3n) is 4.82. The number of nitrogens with two attached hydrogens (primary N) is 1. The fourth-order valence-electron chi connectivity index (χ4n) is 2.89. The minimum atomic E-state index is 0.144. The molecule has 0 amide bonds. The first kappa shape index (κ1) is 13.6. The summed E-state index contributed by atoms with van der Waals surface area (Å²) in [5.74, 6) is 0. The van der Waals surface area contributed by atoms with Crippen LogP contribution < -0.4 is 5.73 Å². The van der Waals surface area contributed by atoms with Crippen LogP contribution in [-0.2, 0) is 10.2 Å². The lowest BCUT2D eigenvalue weighted by molar-refractivity contribution is -0.121. The Bertz CT molecular complexity index is 433. The van der Waals surface area contributed by atoms with Gasteiger partial charge < -0.3 is 10.5 Å². The Morgan fingerprint density at radius 2 is 1.89 bits per heavy atom. The molecule has 0 saturated carbocycles. The van der Waals surface area contributed by atoms with Crippen LogP contribution in [-0.4, -0.2) is 19.8 Å². The second-order valence-corrected chi connectivity index (χ2v) is 6.30. The molecule has 0 aliphatic carbocycles. The standard InChI is InChI=1S/C16H25NO/c1-12-5-6-14(9-13(12)2)16(10-18-11-16)15(3,4)7-8-17/h5-6,9H,7-8,10-11,17H2,1-4H3. The normalized spacial score (nSPS) is 18.5. The minimum Gasteiger partial charge on any atom is -0.379 e. The molecule has 1 heterocycles. The van der Waals surface area contributed by atoms with Crippen molar-refractivity contribution in [2.24, 2.45) is 11.1 Å². The van der Waals surface area contributed by atoms with E-state index in [0.29, 0.717) is 0 Å². The molecule has 2 rings (SSSR count). The molecular formula is C16H25NO. The second-order valence-electron chi connectivity index (χ2n) is 6.30. The number of rotatable bonds is 4. The summed E-state index contributed by atoms with van der Waals surface area (Å²) in [6, 6.07) is 6.82. The van der Waals surface area contributed by atoms with Crippen LogP contribution in [0.4, 0.5) is 0 Å². The van der Waals surface area contributed by atoms with Crippen LogP contribution >= 0.6 is 0 Å². The maximum atomic E-state index is 5.78. The Hall–Kier alpha value is -0.860. The summed E-state index contributed by atoms with van der Waals surface area (Å²) >= 11 is 0. The summed E-state index contributed by atoms with van der Waals surface area (Å²) in [6.07, 6.45) is 1.03. The summed E-state index contributed by atoms with van der Waals surface area (Å²) in [5, 5.41) is 0. The number of hydrogen-bond donors (Lipinski definition) is 1. The summed E-state index contributed by atoms with van der Waals surface area (Å²) in [4.78, 5) is 0. The molecule has 18 heavy (non-hydrogen) atoms. The molecule has 0 atom stereocenters. The van der Waals surface area contributed by atoms with E-state index in [1.165, 1.54) is 16.7 Å². The Morgan fingerprint density at radius 3 is 2.33 bits per heavy atom. The zero-order valence-corrected chi connectivity index (χ0v) is 12.0. The van der Waals surface area contributed by atoms with E-state index in [1.807, 2.05) is 0 Å². The first-order chi connectivity index (χ1) is 8.43. The van der Waals surface area contributed by atoms with E-state index in [4.69, 9.17) is 10.5 Å². The maximum absolute atomic E-state index is 5.78. The predicted molar refractivity (Wildman–Crippen MR) is 75.9 cm³/mol. The van der Waals surface area contributed by atoms with Crippen molar-refractivity contribution in [1.82, 2.24) is 0 Å². The van der Waals surface area contributed by atoms with Gasteiger partial charge in [-0.15, -0.1) is 0 Å². The maximum Gasteiger partial charge on any atom is 0.0590 e. The van der Waals surface area contributed by atoms with Gasteiger partial charge in [0.15, 0.2) is 0 Å². The predicted octanol–water partition coefficient (Wildman–Crippen LogP) is 2.95. The van der Waals surface area contributed by atoms with E-state index in [0.717, 1.165) is 26.2 Å². The smallest absolute Gasteiger partial charge is 0.0590 e. The highest BCUT2D eigenvalue weighted by Crippen LogP contribution is 2.49. The van der Waals surface area contributed by atoms with Crippen molar-refractivity contribution in [3.05, 3.63) is 34.9 Å². The van der Waals surface area contributed by atoms with E-state index >= 15 is 0 Å². The first-order valence-electron chi connectivity index (χ1n) is 6.78. The Balaban J connectivity index is 2.40. The Morgan fingerprint density at radius 1 is 1.22 bits per heavy atom. The molecule has 1 aromatic rings. The average molecular weight is 247 g/mol. The highest BCUT2D eigenvalue weighted by molar-refractivity contribution is 5.37. The molecule has 0 radical (unpaired) electrons. The van der Waals surface area contributed by atoms with Crippen LogP contribution in [0.15, 0.2) is 18.2 Å². The van der Waals surface area contributed by atoms with Crippen molar-refractivity contribution >= 4 is 0 Å². The van der Waals surface area contributed by atoms with Crippen molar-refractivity contribution < 1.29 is 4.74 Å². The van der Waals surface area contributed by atoms with Crippen molar-refractivity contribution in [2.75, 3.05) is 19.8 Å². The molecule has 1 fully saturated rings. The van der Waals surface area contributed by atoms with Gasteiger partial charge in [-0.2, -0.15) is 0 Å². The molecule has 2 heteroatoms. The van der Waals surface area contributed by atoms with E-state index in [2.05, 4.69) is 45.9 Å². The third-order valence-corrected chi connectivity index (χ3v) is 4.82. The van der Waals surface area contributed by atoms with E-state index < -0.39 is 0 Å². The van der Waals surface area contributed by atoms with Crippen LogP contribution in [0, 0.1) is 19.3 Å². The quantitative estimate of drug-likeness (QED) is 0.888. The molecule has 0 aromatic heterocycles. The summed E-state index contributed by atoms with van der Waals surface area (Å²) in [5.41, 5.74) is 10.2.